The zero-order valence-corrected chi connectivity index (χ0v) is 9.94. The Morgan fingerprint density at radius 3 is 1.61 bits per heavy atom. The number of nitrogens with zero attached hydrogens (tertiary/aromatic N) is 2. The molecule has 0 fully saturated rings. The fourth-order valence-corrected chi connectivity index (χ4v) is 1.49. The first kappa shape index (κ1) is 12.0. The van der Waals surface area contributed by atoms with Crippen LogP contribution >= 0.6 is 0 Å². The predicted octanol–water partition coefficient (Wildman–Crippen LogP) is 4.25. The van der Waals surface area contributed by atoms with Crippen molar-refractivity contribution in [3.63, 3.8) is 0 Å². The Kier molecular flexibility index (Phi) is 4.69. The van der Waals surface area contributed by atoms with E-state index in [1.54, 1.807) is 0 Å². The Labute approximate surface area is 106 Å². The van der Waals surface area contributed by atoms with Crippen molar-refractivity contribution in [1.29, 1.82) is 0 Å². The van der Waals surface area contributed by atoms with Crippen LogP contribution in [0, 0.1) is 0 Å². The van der Waals surface area contributed by atoms with E-state index in [1.807, 2.05) is 12.1 Å². The molecule has 0 unspecified atom stereocenters. The summed E-state index contributed by atoms with van der Waals surface area (Å²) in [5.74, 6) is 0. The van der Waals surface area contributed by atoms with Crippen LogP contribution in [0.1, 0.15) is 0 Å². The summed E-state index contributed by atoms with van der Waals surface area (Å²) in [6.07, 6.45) is 3.01. The van der Waals surface area contributed by atoms with Gasteiger partial charge in [0.2, 0.25) is 0 Å². The summed E-state index contributed by atoms with van der Waals surface area (Å²) in [5, 5.41) is 6.99. The Hall–Kier alpha value is -2.42. The van der Waals surface area contributed by atoms with Gasteiger partial charge in [0.15, 0.2) is 6.73 Å². The first-order chi connectivity index (χ1) is 8.97. The van der Waals surface area contributed by atoms with Gasteiger partial charge < -0.3 is 4.74 Å². The summed E-state index contributed by atoms with van der Waals surface area (Å²) in [5.41, 5.74) is 2.55. The van der Waals surface area contributed by atoms with E-state index in [0.717, 1.165) is 0 Å². The van der Waals surface area contributed by atoms with Crippen LogP contribution in [0.5, 0.6) is 0 Å². The first-order valence-corrected chi connectivity index (χ1v) is 5.70. The van der Waals surface area contributed by atoms with Crippen molar-refractivity contribution in [2.45, 2.75) is 0 Å². The molecule has 3 nitrogen and oxygen atoms in total. The minimum absolute atomic E-state index is 0.372. The van der Waals surface area contributed by atoms with Crippen molar-refractivity contribution >= 4 is 0 Å². The Morgan fingerprint density at radius 1 is 0.778 bits per heavy atom. The van der Waals surface area contributed by atoms with E-state index in [0.29, 0.717) is 6.73 Å². The maximum absolute atomic E-state index is 4.63. The van der Waals surface area contributed by atoms with Gasteiger partial charge in [0.1, 0.15) is 6.26 Å². The highest BCUT2D eigenvalue weighted by molar-refractivity contribution is 5.62. The van der Waals surface area contributed by atoms with Crippen molar-refractivity contribution in [2.75, 3.05) is 6.73 Å². The van der Waals surface area contributed by atoms with Gasteiger partial charge in [-0.25, -0.2) is 0 Å². The van der Waals surface area contributed by atoms with Gasteiger partial charge in [-0.05, 0) is 11.1 Å². The van der Waals surface area contributed by atoms with E-state index in [9.17, 15) is 0 Å². The van der Waals surface area contributed by atoms with Gasteiger partial charge in [-0.3, -0.25) is 0 Å². The zero-order valence-electron chi connectivity index (χ0n) is 9.94. The molecule has 0 N–H and O–H groups in total. The second-order valence-electron chi connectivity index (χ2n) is 3.57. The standard InChI is InChI=1S/C12H10.C3H4N2O/c1-3-7-11(8-4-1)12-9-5-2-6-10-12;1-2-6-3-5-4-1/h1-10H;1-2H,3H2. The minimum Gasteiger partial charge on any atom is -0.476 e. The molecule has 0 aliphatic carbocycles. The summed E-state index contributed by atoms with van der Waals surface area (Å²) < 4.78 is 4.63. The van der Waals surface area contributed by atoms with E-state index in [4.69, 9.17) is 0 Å². The van der Waals surface area contributed by atoms with Crippen molar-refractivity contribution < 1.29 is 4.74 Å². The van der Waals surface area contributed by atoms with Crippen molar-refractivity contribution in [2.24, 2.45) is 10.2 Å². The molecule has 0 bridgehead atoms. The predicted molar refractivity (Wildman–Crippen MR) is 71.8 cm³/mol. The third-order valence-corrected chi connectivity index (χ3v) is 2.32. The molecule has 1 heterocycles. The molecule has 1 aliphatic heterocycles. The Morgan fingerprint density at radius 2 is 1.33 bits per heavy atom. The first-order valence-electron chi connectivity index (χ1n) is 5.70. The average Bonchev–Trinajstić information content (AvgIpc) is 2.51. The van der Waals surface area contributed by atoms with Crippen LogP contribution in [-0.4, -0.2) is 6.73 Å². The van der Waals surface area contributed by atoms with Gasteiger partial charge in [0.25, 0.3) is 0 Å². The highest BCUT2D eigenvalue weighted by Gasteiger charge is 1.91. The van der Waals surface area contributed by atoms with Crippen molar-refractivity contribution in [1.82, 2.24) is 0 Å². The molecule has 0 saturated carbocycles. The normalized spacial score (nSPS) is 12.2. The van der Waals surface area contributed by atoms with Gasteiger partial charge in [-0.2, -0.15) is 5.11 Å². The largest absolute Gasteiger partial charge is 0.476 e. The van der Waals surface area contributed by atoms with E-state index < -0.39 is 0 Å². The third kappa shape index (κ3) is 3.87. The summed E-state index contributed by atoms with van der Waals surface area (Å²) in [6, 6.07) is 20.8. The molecule has 0 atom stereocenters. The van der Waals surface area contributed by atoms with Crippen LogP contribution in [-0.2, 0) is 4.74 Å². The fraction of sp³-hybridized carbons (Fsp3) is 0.0667. The maximum Gasteiger partial charge on any atom is 0.198 e. The lowest BCUT2D eigenvalue weighted by atomic mass is 10.1. The number of benzene rings is 2. The van der Waals surface area contributed by atoms with Crippen LogP contribution < -0.4 is 0 Å². The number of ether oxygens (including phenoxy) is 1. The molecule has 0 spiro atoms. The van der Waals surface area contributed by atoms with E-state index in [2.05, 4.69) is 63.5 Å². The minimum atomic E-state index is 0.372. The van der Waals surface area contributed by atoms with E-state index in [-0.39, 0.29) is 0 Å². The molecule has 3 heteroatoms. The third-order valence-electron chi connectivity index (χ3n) is 2.32. The van der Waals surface area contributed by atoms with Gasteiger partial charge in [0, 0.05) is 0 Å². The van der Waals surface area contributed by atoms with Crippen molar-refractivity contribution in [3.8, 4) is 11.1 Å². The summed E-state index contributed by atoms with van der Waals surface area (Å²) >= 11 is 0. The van der Waals surface area contributed by atoms with Gasteiger partial charge in [0.05, 0.1) is 6.20 Å². The lowest BCUT2D eigenvalue weighted by Crippen LogP contribution is -1.81. The van der Waals surface area contributed by atoms with Gasteiger partial charge >= 0.3 is 0 Å². The molecule has 3 rings (SSSR count). The second kappa shape index (κ2) is 7.01. The van der Waals surface area contributed by atoms with Crippen LogP contribution in [0.15, 0.2) is 83.4 Å². The SMILES string of the molecule is C1=COCN=N1.c1ccc(-c2ccccc2)cc1. The fourth-order valence-electron chi connectivity index (χ4n) is 1.49. The monoisotopic (exact) mass is 238 g/mol. The topological polar surface area (TPSA) is 34.0 Å². The number of hydrogen-bond acceptors (Lipinski definition) is 3. The lowest BCUT2D eigenvalue weighted by molar-refractivity contribution is 0.245. The molecule has 1 aliphatic rings. The van der Waals surface area contributed by atoms with Crippen LogP contribution in [0.3, 0.4) is 0 Å². The number of hydrogen-bond donors (Lipinski definition) is 0. The zero-order chi connectivity index (χ0) is 12.5. The Bertz CT molecular complexity index is 457. The molecule has 2 aromatic carbocycles. The highest BCUT2D eigenvalue weighted by atomic mass is 16.5. The van der Waals surface area contributed by atoms with E-state index >= 15 is 0 Å². The molecule has 0 radical (unpaired) electrons. The maximum atomic E-state index is 4.63. The number of azo groups is 1. The van der Waals surface area contributed by atoms with Gasteiger partial charge in [-0.1, -0.05) is 60.7 Å². The van der Waals surface area contributed by atoms with Crippen molar-refractivity contribution in [3.05, 3.63) is 73.1 Å². The molecular weight excluding hydrogens is 224 g/mol. The second-order valence-corrected chi connectivity index (χ2v) is 3.57. The van der Waals surface area contributed by atoms with Crippen LogP contribution in [0.25, 0.3) is 11.1 Å². The Balaban J connectivity index is 0.000000169. The quantitative estimate of drug-likeness (QED) is 0.731. The average molecular weight is 238 g/mol. The van der Waals surface area contributed by atoms with Gasteiger partial charge in [-0.15, -0.1) is 5.11 Å². The molecule has 0 saturated heterocycles. The molecule has 0 aromatic heterocycles. The smallest absolute Gasteiger partial charge is 0.198 e. The molecule has 0 amide bonds. The van der Waals surface area contributed by atoms with Crippen LogP contribution in [0.4, 0.5) is 0 Å². The van der Waals surface area contributed by atoms with E-state index in [1.165, 1.54) is 23.6 Å². The highest BCUT2D eigenvalue weighted by Crippen LogP contribution is 2.17. The summed E-state index contributed by atoms with van der Waals surface area (Å²) in [4.78, 5) is 0. The molecular formula is C15H14N2O. The molecule has 2 aromatic rings. The number of rotatable bonds is 1. The molecule has 90 valence electrons. The summed E-state index contributed by atoms with van der Waals surface area (Å²) in [6.45, 7) is 0.372. The molecule has 18 heavy (non-hydrogen) atoms. The summed E-state index contributed by atoms with van der Waals surface area (Å²) in [7, 11) is 0. The lowest BCUT2D eigenvalue weighted by Gasteiger charge is -1.98. The van der Waals surface area contributed by atoms with Crippen LogP contribution in [0.2, 0.25) is 0 Å².